The summed E-state index contributed by atoms with van der Waals surface area (Å²) in [7, 11) is -1.70. The molecular weight excluding hydrogens is 405 g/mol. The summed E-state index contributed by atoms with van der Waals surface area (Å²) in [6.07, 6.45) is 7.45. The minimum absolute atomic E-state index is 0.000958. The van der Waals surface area contributed by atoms with Gasteiger partial charge in [0.2, 0.25) is 10.0 Å². The predicted molar refractivity (Wildman–Crippen MR) is 114 cm³/mol. The Morgan fingerprint density at radius 2 is 2.03 bits per heavy atom. The summed E-state index contributed by atoms with van der Waals surface area (Å²) < 4.78 is 45.0. The number of ether oxygens (including phenoxy) is 1. The summed E-state index contributed by atoms with van der Waals surface area (Å²) in [6.45, 7) is 0. The fourth-order valence-electron chi connectivity index (χ4n) is 4.83. The summed E-state index contributed by atoms with van der Waals surface area (Å²) in [5.74, 6) is 0.109. The minimum atomic E-state index is -3.22. The van der Waals surface area contributed by atoms with Crippen LogP contribution in [0, 0.1) is 5.82 Å². The number of aromatic nitrogens is 2. The number of methoxy groups -OCH3 is 1. The zero-order valence-electron chi connectivity index (χ0n) is 16.7. The summed E-state index contributed by atoms with van der Waals surface area (Å²) in [5.41, 5.74) is 4.47. The molecule has 4 heterocycles. The number of halogens is 1. The molecule has 8 heteroatoms. The predicted octanol–water partition coefficient (Wildman–Crippen LogP) is 3.96. The molecule has 1 fully saturated rings. The maximum atomic E-state index is 13.7. The average molecular weight is 428 g/mol. The topological polar surface area (TPSA) is 75.3 Å². The highest BCUT2D eigenvalue weighted by atomic mass is 32.2. The van der Waals surface area contributed by atoms with E-state index in [1.54, 1.807) is 16.6 Å². The number of pyridine rings is 1. The highest BCUT2D eigenvalue weighted by Gasteiger charge is 2.42. The van der Waals surface area contributed by atoms with Crippen LogP contribution in [0.2, 0.25) is 0 Å². The van der Waals surface area contributed by atoms with Gasteiger partial charge in [-0.25, -0.2) is 17.8 Å². The van der Waals surface area contributed by atoms with Crippen molar-refractivity contribution in [3.63, 3.8) is 0 Å². The van der Waals surface area contributed by atoms with E-state index in [0.29, 0.717) is 12.2 Å². The molecule has 30 heavy (non-hydrogen) atoms. The van der Waals surface area contributed by atoms with Crippen molar-refractivity contribution in [2.24, 2.45) is 0 Å². The van der Waals surface area contributed by atoms with Crippen molar-refractivity contribution in [3.05, 3.63) is 54.1 Å². The van der Waals surface area contributed by atoms with Gasteiger partial charge in [0.05, 0.1) is 13.4 Å². The summed E-state index contributed by atoms with van der Waals surface area (Å²) in [6, 6.07) is 8.34. The van der Waals surface area contributed by atoms with Gasteiger partial charge in [-0.2, -0.15) is 4.31 Å². The number of aromatic amines is 1. The summed E-state index contributed by atoms with van der Waals surface area (Å²) in [4.78, 5) is 7.84. The quantitative estimate of drug-likeness (QED) is 0.684. The van der Waals surface area contributed by atoms with Crippen LogP contribution in [0.4, 0.5) is 4.39 Å². The van der Waals surface area contributed by atoms with Crippen molar-refractivity contribution in [2.45, 2.75) is 31.3 Å². The number of H-pyrrole nitrogens is 1. The van der Waals surface area contributed by atoms with E-state index in [4.69, 9.17) is 4.74 Å². The first-order valence-electron chi connectivity index (χ1n) is 9.86. The maximum absolute atomic E-state index is 13.7. The molecule has 2 bridgehead atoms. The van der Waals surface area contributed by atoms with Crippen molar-refractivity contribution >= 4 is 26.6 Å². The molecule has 156 valence electrons. The zero-order valence-corrected chi connectivity index (χ0v) is 17.5. The smallest absolute Gasteiger partial charge is 0.212 e. The van der Waals surface area contributed by atoms with Crippen LogP contribution in [0.3, 0.4) is 0 Å². The lowest BCUT2D eigenvalue weighted by atomic mass is 9.99. The Bertz CT molecular complexity index is 1280. The largest absolute Gasteiger partial charge is 0.496 e. The van der Waals surface area contributed by atoms with Gasteiger partial charge in [0, 0.05) is 41.0 Å². The third-order valence-corrected chi connectivity index (χ3v) is 7.38. The van der Waals surface area contributed by atoms with E-state index in [1.165, 1.54) is 25.5 Å². The van der Waals surface area contributed by atoms with Crippen LogP contribution in [-0.2, 0) is 10.0 Å². The zero-order chi connectivity index (χ0) is 21.0. The Morgan fingerprint density at radius 1 is 1.20 bits per heavy atom. The number of nitrogens with zero attached hydrogens (tertiary/aromatic N) is 2. The number of hydrogen-bond donors (Lipinski definition) is 1. The standard InChI is InChI=1S/C22H22FN3O3S/c1-29-21-11-14(23)3-6-18(21)17-7-8-24-22-19(17)12-20(25-22)13-9-15-4-5-16(10-13)26(15)30(2,27)28/h3,6-9,11-12,15-16H,4-5,10H2,1-2H3,(H,24,25). The molecule has 5 rings (SSSR count). The van der Waals surface area contributed by atoms with Gasteiger partial charge in [0.15, 0.2) is 0 Å². The van der Waals surface area contributed by atoms with Crippen LogP contribution in [-0.4, -0.2) is 48.1 Å². The van der Waals surface area contributed by atoms with E-state index in [1.807, 2.05) is 12.1 Å². The van der Waals surface area contributed by atoms with Crippen molar-refractivity contribution in [1.29, 1.82) is 0 Å². The Kier molecular flexibility index (Phi) is 4.44. The minimum Gasteiger partial charge on any atom is -0.496 e. The Morgan fingerprint density at radius 3 is 2.77 bits per heavy atom. The molecule has 6 nitrogen and oxygen atoms in total. The molecule has 1 N–H and O–H groups in total. The van der Waals surface area contributed by atoms with Crippen LogP contribution >= 0.6 is 0 Å². The van der Waals surface area contributed by atoms with Crippen molar-refractivity contribution in [1.82, 2.24) is 14.3 Å². The van der Waals surface area contributed by atoms with Gasteiger partial charge in [0.25, 0.3) is 0 Å². The van der Waals surface area contributed by atoms with E-state index in [0.717, 1.165) is 46.3 Å². The van der Waals surface area contributed by atoms with Crippen LogP contribution < -0.4 is 4.74 Å². The van der Waals surface area contributed by atoms with Crippen molar-refractivity contribution in [3.8, 4) is 16.9 Å². The highest BCUT2D eigenvalue weighted by Crippen LogP contribution is 2.41. The first kappa shape index (κ1) is 19.3. The lowest BCUT2D eigenvalue weighted by Crippen LogP contribution is -2.42. The fraction of sp³-hybridized carbons (Fsp3) is 0.318. The van der Waals surface area contributed by atoms with E-state index in [9.17, 15) is 12.8 Å². The second kappa shape index (κ2) is 6.92. The van der Waals surface area contributed by atoms with Gasteiger partial charge in [-0.05, 0) is 54.7 Å². The summed E-state index contributed by atoms with van der Waals surface area (Å²) in [5, 5.41) is 0.913. The third-order valence-electron chi connectivity index (χ3n) is 6.05. The molecule has 2 unspecified atom stereocenters. The Labute approximate surface area is 174 Å². The highest BCUT2D eigenvalue weighted by molar-refractivity contribution is 7.88. The van der Waals surface area contributed by atoms with Crippen LogP contribution in [0.1, 0.15) is 25.0 Å². The Hall–Kier alpha value is -2.71. The van der Waals surface area contributed by atoms with Crippen molar-refractivity contribution < 1.29 is 17.5 Å². The molecule has 2 aliphatic heterocycles. The van der Waals surface area contributed by atoms with Crippen molar-refractivity contribution in [2.75, 3.05) is 13.4 Å². The van der Waals surface area contributed by atoms with Gasteiger partial charge >= 0.3 is 0 Å². The molecule has 3 aromatic rings. The fourth-order valence-corrected chi connectivity index (χ4v) is 6.21. The Balaban J connectivity index is 1.59. The molecule has 0 saturated carbocycles. The molecular formula is C22H22FN3O3S. The average Bonchev–Trinajstić information content (AvgIpc) is 3.26. The van der Waals surface area contributed by atoms with E-state index < -0.39 is 10.0 Å². The molecule has 0 amide bonds. The van der Waals surface area contributed by atoms with Gasteiger partial charge in [-0.15, -0.1) is 0 Å². The molecule has 0 spiro atoms. The molecule has 2 aromatic heterocycles. The molecule has 2 atom stereocenters. The van der Waals surface area contributed by atoms with Crippen LogP contribution in [0.5, 0.6) is 5.75 Å². The van der Waals surface area contributed by atoms with Crippen LogP contribution in [0.25, 0.3) is 27.7 Å². The number of rotatable bonds is 4. The monoisotopic (exact) mass is 427 g/mol. The van der Waals surface area contributed by atoms with E-state index in [-0.39, 0.29) is 17.9 Å². The van der Waals surface area contributed by atoms with E-state index >= 15 is 0 Å². The van der Waals surface area contributed by atoms with Gasteiger partial charge in [-0.3, -0.25) is 0 Å². The normalized spacial score (nSPS) is 21.8. The van der Waals surface area contributed by atoms with Gasteiger partial charge < -0.3 is 9.72 Å². The number of benzene rings is 1. The lowest BCUT2D eigenvalue weighted by molar-refractivity contribution is 0.348. The first-order chi connectivity index (χ1) is 14.3. The third kappa shape index (κ3) is 3.11. The number of nitrogens with one attached hydrogen (secondary N) is 1. The second-order valence-corrected chi connectivity index (χ2v) is 9.82. The maximum Gasteiger partial charge on any atom is 0.212 e. The van der Waals surface area contributed by atoms with E-state index in [2.05, 4.69) is 16.0 Å². The lowest BCUT2D eigenvalue weighted by Gasteiger charge is -2.31. The molecule has 0 radical (unpaired) electrons. The van der Waals surface area contributed by atoms with Gasteiger partial charge in [-0.1, -0.05) is 6.08 Å². The number of hydrogen-bond acceptors (Lipinski definition) is 4. The first-order valence-corrected chi connectivity index (χ1v) is 11.7. The SMILES string of the molecule is COc1cc(F)ccc1-c1ccnc2[nH]c(C3=CC4CCC(C3)N4S(C)(=O)=O)cc12. The molecule has 1 aromatic carbocycles. The molecule has 2 aliphatic rings. The van der Waals surface area contributed by atoms with Gasteiger partial charge in [0.1, 0.15) is 17.2 Å². The summed E-state index contributed by atoms with van der Waals surface area (Å²) >= 11 is 0. The number of sulfonamides is 1. The molecule has 1 saturated heterocycles. The molecule has 0 aliphatic carbocycles. The van der Waals surface area contributed by atoms with Crippen LogP contribution in [0.15, 0.2) is 42.6 Å². The second-order valence-electron chi connectivity index (χ2n) is 7.94. The number of fused-ring (bicyclic) bond motifs is 3.